The molecule has 25 heavy (non-hydrogen) atoms. The summed E-state index contributed by atoms with van der Waals surface area (Å²) >= 11 is 5.88. The average Bonchev–Trinajstić information content (AvgIpc) is 2.63. The third kappa shape index (κ3) is 5.16. The molecule has 0 amide bonds. The van der Waals surface area contributed by atoms with Crippen LogP contribution >= 0.6 is 11.6 Å². The number of nitrogens with one attached hydrogen (secondary N) is 2. The van der Waals surface area contributed by atoms with E-state index in [0.717, 1.165) is 5.56 Å². The van der Waals surface area contributed by atoms with Crippen molar-refractivity contribution in [3.8, 4) is 0 Å². The molecule has 0 atom stereocenters. The Kier molecular flexibility index (Phi) is 5.80. The van der Waals surface area contributed by atoms with Crippen molar-refractivity contribution >= 4 is 23.4 Å². The maximum atomic E-state index is 13.6. The van der Waals surface area contributed by atoms with Crippen LogP contribution in [0, 0.1) is 5.82 Å². The van der Waals surface area contributed by atoms with E-state index in [4.69, 9.17) is 11.6 Å². The first-order valence-corrected chi connectivity index (χ1v) is 8.37. The SMILES string of the molecule is Fc1ccccc1CCNc1ccnc(NCc2ccc(Cl)cc2)n1. The van der Waals surface area contributed by atoms with E-state index in [1.165, 1.54) is 6.07 Å². The molecule has 1 aromatic heterocycles. The van der Waals surface area contributed by atoms with Crippen LogP contribution in [0.2, 0.25) is 5.02 Å². The second-order valence-corrected chi connectivity index (χ2v) is 5.95. The van der Waals surface area contributed by atoms with Crippen LogP contribution in [0.1, 0.15) is 11.1 Å². The Balaban J connectivity index is 1.52. The minimum atomic E-state index is -0.183. The van der Waals surface area contributed by atoms with E-state index in [9.17, 15) is 4.39 Å². The van der Waals surface area contributed by atoms with Gasteiger partial charge in [0.05, 0.1) is 0 Å². The van der Waals surface area contributed by atoms with E-state index < -0.39 is 0 Å². The number of nitrogens with zero attached hydrogens (tertiary/aromatic N) is 2. The molecule has 4 nitrogen and oxygen atoms in total. The maximum Gasteiger partial charge on any atom is 0.224 e. The van der Waals surface area contributed by atoms with Gasteiger partial charge in [-0.3, -0.25) is 0 Å². The number of aromatic nitrogens is 2. The molecular weight excluding hydrogens is 339 g/mol. The Morgan fingerprint density at radius 3 is 2.56 bits per heavy atom. The monoisotopic (exact) mass is 356 g/mol. The van der Waals surface area contributed by atoms with Gasteiger partial charge < -0.3 is 10.6 Å². The largest absolute Gasteiger partial charge is 0.370 e. The minimum absolute atomic E-state index is 0.183. The van der Waals surface area contributed by atoms with Crippen LogP contribution in [0.3, 0.4) is 0 Å². The lowest BCUT2D eigenvalue weighted by atomic mass is 10.1. The van der Waals surface area contributed by atoms with E-state index in [1.54, 1.807) is 24.4 Å². The number of benzene rings is 2. The van der Waals surface area contributed by atoms with Crippen LogP contribution in [0.5, 0.6) is 0 Å². The molecule has 2 aromatic carbocycles. The zero-order valence-electron chi connectivity index (χ0n) is 13.5. The Bertz CT molecular complexity index is 824. The first-order valence-electron chi connectivity index (χ1n) is 7.99. The summed E-state index contributed by atoms with van der Waals surface area (Å²) in [6.07, 6.45) is 2.27. The fourth-order valence-electron chi connectivity index (χ4n) is 2.35. The van der Waals surface area contributed by atoms with E-state index >= 15 is 0 Å². The number of hydrogen-bond donors (Lipinski definition) is 2. The van der Waals surface area contributed by atoms with Crippen LogP contribution in [0.15, 0.2) is 60.8 Å². The lowest BCUT2D eigenvalue weighted by Gasteiger charge is -2.09. The molecular formula is C19H18ClFN4. The molecule has 3 rings (SSSR count). The maximum absolute atomic E-state index is 13.6. The molecule has 0 aliphatic heterocycles. The number of anilines is 2. The van der Waals surface area contributed by atoms with Crippen molar-refractivity contribution in [3.05, 3.63) is 82.8 Å². The van der Waals surface area contributed by atoms with Crippen molar-refractivity contribution in [3.63, 3.8) is 0 Å². The van der Waals surface area contributed by atoms with Gasteiger partial charge in [0.25, 0.3) is 0 Å². The summed E-state index contributed by atoms with van der Waals surface area (Å²) in [5, 5.41) is 7.07. The molecule has 0 bridgehead atoms. The molecule has 0 radical (unpaired) electrons. The third-order valence-electron chi connectivity index (χ3n) is 3.68. The van der Waals surface area contributed by atoms with E-state index in [0.29, 0.717) is 41.9 Å². The molecule has 0 aliphatic rings. The highest BCUT2D eigenvalue weighted by molar-refractivity contribution is 6.30. The van der Waals surface area contributed by atoms with Crippen LogP contribution < -0.4 is 10.6 Å². The van der Waals surface area contributed by atoms with Crippen molar-refractivity contribution in [2.24, 2.45) is 0 Å². The van der Waals surface area contributed by atoms with Crippen molar-refractivity contribution in [2.75, 3.05) is 17.2 Å². The Morgan fingerprint density at radius 2 is 1.76 bits per heavy atom. The third-order valence-corrected chi connectivity index (χ3v) is 3.93. The predicted octanol–water partition coefficient (Wildman–Crippen LogP) is 4.54. The second-order valence-electron chi connectivity index (χ2n) is 5.51. The summed E-state index contributed by atoms with van der Waals surface area (Å²) in [4.78, 5) is 8.61. The predicted molar refractivity (Wildman–Crippen MR) is 99.4 cm³/mol. The molecule has 128 valence electrons. The van der Waals surface area contributed by atoms with Crippen LogP contribution in [-0.2, 0) is 13.0 Å². The van der Waals surface area contributed by atoms with Gasteiger partial charge in [-0.15, -0.1) is 0 Å². The highest BCUT2D eigenvalue weighted by atomic mass is 35.5. The molecule has 0 spiro atoms. The molecule has 0 fully saturated rings. The van der Waals surface area contributed by atoms with Crippen molar-refractivity contribution < 1.29 is 4.39 Å². The van der Waals surface area contributed by atoms with Crippen LogP contribution in [-0.4, -0.2) is 16.5 Å². The lowest BCUT2D eigenvalue weighted by molar-refractivity contribution is 0.610. The van der Waals surface area contributed by atoms with Crippen LogP contribution in [0.4, 0.5) is 16.2 Å². The summed E-state index contributed by atoms with van der Waals surface area (Å²) in [5.74, 6) is 1.05. The molecule has 1 heterocycles. The smallest absolute Gasteiger partial charge is 0.224 e. The van der Waals surface area contributed by atoms with Gasteiger partial charge in [0.1, 0.15) is 11.6 Å². The first kappa shape index (κ1) is 17.2. The Hall–Kier alpha value is -2.66. The number of hydrogen-bond acceptors (Lipinski definition) is 4. The molecule has 0 saturated heterocycles. The van der Waals surface area contributed by atoms with Gasteiger partial charge in [-0.2, -0.15) is 4.98 Å². The standard InChI is InChI=1S/C19H18ClFN4/c20-16-7-5-14(6-8-16)13-24-19-23-12-10-18(25-19)22-11-9-15-3-1-2-4-17(15)21/h1-8,10,12H,9,11,13H2,(H2,22,23,24,25). The summed E-state index contributed by atoms with van der Waals surface area (Å²) in [7, 11) is 0. The minimum Gasteiger partial charge on any atom is -0.370 e. The fourth-order valence-corrected chi connectivity index (χ4v) is 2.48. The van der Waals surface area contributed by atoms with Gasteiger partial charge in [0.2, 0.25) is 5.95 Å². The fraction of sp³-hybridized carbons (Fsp3) is 0.158. The van der Waals surface area contributed by atoms with Crippen molar-refractivity contribution in [1.82, 2.24) is 9.97 Å². The Morgan fingerprint density at radius 1 is 0.960 bits per heavy atom. The normalized spacial score (nSPS) is 10.5. The number of rotatable bonds is 7. The number of halogens is 2. The average molecular weight is 357 g/mol. The zero-order valence-corrected chi connectivity index (χ0v) is 14.3. The van der Waals surface area contributed by atoms with Gasteiger partial charge in [-0.25, -0.2) is 9.37 Å². The zero-order chi connectivity index (χ0) is 17.5. The van der Waals surface area contributed by atoms with Crippen molar-refractivity contribution in [2.45, 2.75) is 13.0 Å². The van der Waals surface area contributed by atoms with Gasteiger partial charge in [-0.05, 0) is 41.8 Å². The molecule has 0 unspecified atom stereocenters. The summed E-state index contributed by atoms with van der Waals surface area (Å²) in [5.41, 5.74) is 1.77. The molecule has 0 aliphatic carbocycles. The highest BCUT2D eigenvalue weighted by Gasteiger charge is 2.02. The van der Waals surface area contributed by atoms with E-state index in [1.807, 2.05) is 30.3 Å². The van der Waals surface area contributed by atoms with Crippen LogP contribution in [0.25, 0.3) is 0 Å². The summed E-state index contributed by atoms with van der Waals surface area (Å²) in [6.45, 7) is 1.20. The van der Waals surface area contributed by atoms with Gasteiger partial charge >= 0.3 is 0 Å². The molecule has 0 saturated carbocycles. The van der Waals surface area contributed by atoms with E-state index in [-0.39, 0.29) is 5.82 Å². The van der Waals surface area contributed by atoms with Crippen molar-refractivity contribution in [1.29, 1.82) is 0 Å². The van der Waals surface area contributed by atoms with Gasteiger partial charge in [-0.1, -0.05) is 41.9 Å². The lowest BCUT2D eigenvalue weighted by Crippen LogP contribution is -2.09. The Labute approximate surface area is 151 Å². The molecule has 3 aromatic rings. The topological polar surface area (TPSA) is 49.8 Å². The van der Waals surface area contributed by atoms with E-state index in [2.05, 4.69) is 20.6 Å². The van der Waals surface area contributed by atoms with Gasteiger partial charge in [0.15, 0.2) is 0 Å². The molecule has 2 N–H and O–H groups in total. The van der Waals surface area contributed by atoms with Gasteiger partial charge in [0, 0.05) is 24.3 Å². The molecule has 6 heteroatoms. The first-order chi connectivity index (χ1) is 12.2. The summed E-state index contributed by atoms with van der Waals surface area (Å²) in [6, 6.07) is 16.2. The quantitative estimate of drug-likeness (QED) is 0.652. The summed E-state index contributed by atoms with van der Waals surface area (Å²) < 4.78 is 13.6. The second kappa shape index (κ2) is 8.44. The highest BCUT2D eigenvalue weighted by Crippen LogP contribution is 2.12.